The van der Waals surface area contributed by atoms with Crippen LogP contribution in [0.5, 0.6) is 0 Å². The predicted molar refractivity (Wildman–Crippen MR) is 149 cm³/mol. The van der Waals surface area contributed by atoms with Crippen molar-refractivity contribution in [3.05, 3.63) is 58.3 Å². The fourth-order valence-electron chi connectivity index (χ4n) is 5.63. The van der Waals surface area contributed by atoms with E-state index in [4.69, 9.17) is 4.74 Å². The van der Waals surface area contributed by atoms with Crippen molar-refractivity contribution in [2.45, 2.75) is 65.0 Å². The van der Waals surface area contributed by atoms with Crippen LogP contribution in [0, 0.1) is 18.8 Å². The van der Waals surface area contributed by atoms with Gasteiger partial charge in [0.2, 0.25) is 0 Å². The Kier molecular flexibility index (Phi) is 10.4. The molecule has 0 saturated heterocycles. The minimum absolute atomic E-state index is 0.0461. The monoisotopic (exact) mass is 627 g/mol. The number of tetrazole rings is 1. The molecule has 0 amide bonds. The number of anilines is 2. The van der Waals surface area contributed by atoms with Crippen molar-refractivity contribution < 1.29 is 35.9 Å². The second-order valence-corrected chi connectivity index (χ2v) is 11.2. The normalized spacial score (nSPS) is 17.4. The van der Waals surface area contributed by atoms with E-state index in [9.17, 15) is 31.1 Å². The van der Waals surface area contributed by atoms with Gasteiger partial charge in [0.1, 0.15) is 5.82 Å². The van der Waals surface area contributed by atoms with E-state index in [1.54, 1.807) is 13.0 Å². The van der Waals surface area contributed by atoms with E-state index in [0.29, 0.717) is 37.5 Å². The van der Waals surface area contributed by atoms with Gasteiger partial charge in [0.15, 0.2) is 0 Å². The first-order valence-corrected chi connectivity index (χ1v) is 14.3. The zero-order valence-corrected chi connectivity index (χ0v) is 24.7. The SMILES string of the molecule is CCN(CC1CCC(COC=O)CC1)c1ncc(C(F)(F)F)cc1CN(Cc1cc(C)cc(C(F)(F)F)c1)c1nnn(C)n1. The van der Waals surface area contributed by atoms with Crippen molar-refractivity contribution in [2.75, 3.05) is 29.5 Å². The van der Waals surface area contributed by atoms with Crippen molar-refractivity contribution in [1.82, 2.24) is 25.2 Å². The number of rotatable bonds is 12. The Morgan fingerprint density at radius 2 is 1.64 bits per heavy atom. The maximum Gasteiger partial charge on any atom is 0.417 e. The lowest BCUT2D eigenvalue weighted by molar-refractivity contribution is -0.138. The van der Waals surface area contributed by atoms with E-state index in [0.717, 1.165) is 50.1 Å². The van der Waals surface area contributed by atoms with Crippen LogP contribution in [-0.4, -0.2) is 51.4 Å². The summed E-state index contributed by atoms with van der Waals surface area (Å²) in [4.78, 5) is 19.4. The fraction of sp³-hybridized carbons (Fsp3) is 0.552. The Hall–Kier alpha value is -3.91. The number of ether oxygens (including phenoxy) is 1. The molecule has 4 rings (SSSR count). The van der Waals surface area contributed by atoms with Gasteiger partial charge in [-0.2, -0.15) is 31.1 Å². The van der Waals surface area contributed by atoms with Crippen LogP contribution < -0.4 is 9.80 Å². The summed E-state index contributed by atoms with van der Waals surface area (Å²) in [6, 6.07) is 4.65. The van der Waals surface area contributed by atoms with Gasteiger partial charge in [-0.15, -0.1) is 5.10 Å². The number of nitrogens with zero attached hydrogens (tertiary/aromatic N) is 7. The molecule has 0 N–H and O–H groups in total. The van der Waals surface area contributed by atoms with E-state index >= 15 is 0 Å². The molecule has 2 aromatic heterocycles. The summed E-state index contributed by atoms with van der Waals surface area (Å²) in [5, 5.41) is 12.0. The molecule has 0 aliphatic heterocycles. The minimum Gasteiger partial charge on any atom is -0.468 e. The Morgan fingerprint density at radius 3 is 2.23 bits per heavy atom. The summed E-state index contributed by atoms with van der Waals surface area (Å²) in [5.74, 6) is 0.926. The average Bonchev–Trinajstić information content (AvgIpc) is 3.40. The van der Waals surface area contributed by atoms with Crippen LogP contribution in [-0.2, 0) is 42.0 Å². The fourth-order valence-corrected chi connectivity index (χ4v) is 5.63. The van der Waals surface area contributed by atoms with Crippen molar-refractivity contribution >= 4 is 18.2 Å². The molecule has 0 radical (unpaired) electrons. The number of halogens is 6. The lowest BCUT2D eigenvalue weighted by atomic mass is 9.82. The van der Waals surface area contributed by atoms with Crippen LogP contribution in [0.25, 0.3) is 0 Å². The Morgan fingerprint density at radius 1 is 0.955 bits per heavy atom. The molecule has 240 valence electrons. The van der Waals surface area contributed by atoms with Crippen LogP contribution in [0.15, 0.2) is 30.5 Å². The Labute approximate surface area is 251 Å². The number of aromatic nitrogens is 5. The average molecular weight is 628 g/mol. The zero-order chi connectivity index (χ0) is 32.1. The molecule has 15 heteroatoms. The molecule has 0 atom stereocenters. The zero-order valence-electron chi connectivity index (χ0n) is 24.7. The lowest BCUT2D eigenvalue weighted by Crippen LogP contribution is -2.34. The van der Waals surface area contributed by atoms with Gasteiger partial charge in [-0.3, -0.25) is 4.79 Å². The molecular weight excluding hydrogens is 592 g/mol. The lowest BCUT2D eigenvalue weighted by Gasteiger charge is -2.34. The van der Waals surface area contributed by atoms with Crippen molar-refractivity contribution in [3.8, 4) is 0 Å². The van der Waals surface area contributed by atoms with Crippen LogP contribution in [0.2, 0.25) is 0 Å². The van der Waals surface area contributed by atoms with Crippen molar-refractivity contribution in [2.24, 2.45) is 18.9 Å². The van der Waals surface area contributed by atoms with E-state index in [1.165, 1.54) is 16.7 Å². The molecule has 0 spiro atoms. The molecule has 1 aromatic carbocycles. The largest absolute Gasteiger partial charge is 0.468 e. The third kappa shape index (κ3) is 8.59. The van der Waals surface area contributed by atoms with Gasteiger partial charge < -0.3 is 14.5 Å². The summed E-state index contributed by atoms with van der Waals surface area (Å²) in [6.07, 6.45) is -4.97. The van der Waals surface area contributed by atoms with Crippen molar-refractivity contribution in [1.29, 1.82) is 0 Å². The Bertz CT molecular complexity index is 1400. The summed E-state index contributed by atoms with van der Waals surface area (Å²) < 4.78 is 87.2. The number of carbonyl (C=O) groups excluding carboxylic acids is 1. The number of aryl methyl sites for hydroxylation is 2. The first-order chi connectivity index (χ1) is 20.8. The van der Waals surface area contributed by atoms with Gasteiger partial charge in [-0.25, -0.2) is 4.98 Å². The summed E-state index contributed by atoms with van der Waals surface area (Å²) >= 11 is 0. The second kappa shape index (κ2) is 13.8. The number of pyridine rings is 1. The number of hydrogen-bond donors (Lipinski definition) is 0. The molecule has 0 bridgehead atoms. The van der Waals surface area contributed by atoms with Gasteiger partial charge >= 0.3 is 12.4 Å². The van der Waals surface area contributed by atoms with Crippen LogP contribution >= 0.6 is 0 Å². The predicted octanol–water partition coefficient (Wildman–Crippen LogP) is 5.96. The number of hydrogen-bond acceptors (Lipinski definition) is 8. The van der Waals surface area contributed by atoms with E-state index in [1.807, 2.05) is 11.8 Å². The molecule has 0 unspecified atom stereocenters. The highest BCUT2D eigenvalue weighted by Gasteiger charge is 2.34. The van der Waals surface area contributed by atoms with Gasteiger partial charge in [-0.05, 0) is 80.3 Å². The smallest absolute Gasteiger partial charge is 0.417 e. The molecule has 9 nitrogen and oxygen atoms in total. The maximum atomic E-state index is 13.8. The highest BCUT2D eigenvalue weighted by atomic mass is 19.4. The number of alkyl halides is 6. The summed E-state index contributed by atoms with van der Waals surface area (Å²) in [7, 11) is 1.51. The molecule has 1 fully saturated rings. The topological polar surface area (TPSA) is 89.3 Å². The number of carbonyl (C=O) groups is 1. The van der Waals surface area contributed by atoms with Crippen LogP contribution in [0.1, 0.15) is 60.4 Å². The standard InChI is InChI=1S/C29H35F6N7O2/c1-4-41(14-20-5-7-21(8-6-20)17-44-18-43)26-23(12-25(13-36-26)29(33,34)35)16-42(27-37-39-40(3)38-27)15-22-9-19(2)10-24(11-22)28(30,31)32/h9-13,18,20-21H,4-8,14-17H2,1-3H3. The maximum absolute atomic E-state index is 13.8. The second-order valence-electron chi connectivity index (χ2n) is 11.2. The van der Waals surface area contributed by atoms with E-state index < -0.39 is 23.5 Å². The minimum atomic E-state index is -4.66. The van der Waals surface area contributed by atoms with Gasteiger partial charge in [0.25, 0.3) is 12.4 Å². The third-order valence-corrected chi connectivity index (χ3v) is 7.78. The van der Waals surface area contributed by atoms with Crippen molar-refractivity contribution in [3.63, 3.8) is 0 Å². The van der Waals surface area contributed by atoms with Crippen LogP contribution in [0.3, 0.4) is 0 Å². The molecule has 2 heterocycles. The first kappa shape index (κ1) is 33.0. The quantitative estimate of drug-likeness (QED) is 0.180. The molecule has 1 saturated carbocycles. The van der Waals surface area contributed by atoms with Gasteiger partial charge in [0.05, 0.1) is 24.8 Å². The molecule has 1 aliphatic rings. The molecule has 1 aliphatic carbocycles. The highest BCUT2D eigenvalue weighted by Crippen LogP contribution is 2.35. The summed E-state index contributed by atoms with van der Waals surface area (Å²) in [5.41, 5.74) is -0.872. The van der Waals surface area contributed by atoms with E-state index in [-0.39, 0.29) is 42.0 Å². The molecular formula is C29H35F6N7O2. The number of benzene rings is 1. The summed E-state index contributed by atoms with van der Waals surface area (Å²) in [6.45, 7) is 4.98. The van der Waals surface area contributed by atoms with E-state index in [2.05, 4.69) is 20.4 Å². The van der Waals surface area contributed by atoms with Crippen LogP contribution in [0.4, 0.5) is 38.1 Å². The highest BCUT2D eigenvalue weighted by molar-refractivity contribution is 5.51. The Balaban J connectivity index is 1.66. The van der Waals surface area contributed by atoms with Gasteiger partial charge in [0, 0.05) is 37.9 Å². The molecule has 3 aromatic rings. The van der Waals surface area contributed by atoms with Gasteiger partial charge in [-0.1, -0.05) is 16.7 Å². The molecule has 44 heavy (non-hydrogen) atoms. The third-order valence-electron chi connectivity index (χ3n) is 7.78. The first-order valence-electron chi connectivity index (χ1n) is 14.3.